The number of carbonyl (C=O) groups is 1. The van der Waals surface area contributed by atoms with Crippen LogP contribution in [0, 0.1) is 5.82 Å². The molecule has 2 aromatic carbocycles. The summed E-state index contributed by atoms with van der Waals surface area (Å²) in [5.41, 5.74) is 5.77. The normalized spacial score (nSPS) is 14.2. The number of amides is 1. The summed E-state index contributed by atoms with van der Waals surface area (Å²) in [4.78, 5) is 11.1. The average molecular weight is 341 g/mol. The molecule has 2 aromatic rings. The Morgan fingerprint density at radius 3 is 2.08 bits per heavy atom. The molecule has 0 aliphatic carbocycles. The van der Waals surface area contributed by atoms with E-state index in [1.807, 2.05) is 0 Å². The van der Waals surface area contributed by atoms with Crippen molar-refractivity contribution in [3.8, 4) is 11.1 Å². The lowest BCUT2D eigenvalue weighted by Gasteiger charge is -2.15. The van der Waals surface area contributed by atoms with Crippen LogP contribution < -0.4 is 5.73 Å². The van der Waals surface area contributed by atoms with Crippen LogP contribution in [0.1, 0.15) is 30.1 Å². The highest BCUT2D eigenvalue weighted by atomic mass is 19.4. The molecule has 0 spiro atoms. The molecule has 0 fully saturated rings. The van der Waals surface area contributed by atoms with Crippen LogP contribution >= 0.6 is 0 Å². The molecular formula is C17H15F4NO2. The van der Waals surface area contributed by atoms with Crippen molar-refractivity contribution < 1.29 is 27.5 Å². The van der Waals surface area contributed by atoms with Crippen LogP contribution in [-0.2, 0) is 4.79 Å². The van der Waals surface area contributed by atoms with Crippen LogP contribution in [0.4, 0.5) is 17.6 Å². The quantitative estimate of drug-likeness (QED) is 0.834. The Labute approximate surface area is 135 Å². The lowest BCUT2D eigenvalue weighted by molar-refractivity contribution is -0.206. The van der Waals surface area contributed by atoms with Crippen molar-refractivity contribution in [1.82, 2.24) is 0 Å². The average Bonchev–Trinajstić information content (AvgIpc) is 2.52. The van der Waals surface area contributed by atoms with Crippen LogP contribution in [0.5, 0.6) is 0 Å². The Kier molecular flexibility index (Phi) is 4.94. The topological polar surface area (TPSA) is 63.3 Å². The molecule has 0 saturated heterocycles. The Bertz CT molecular complexity index is 741. The monoisotopic (exact) mass is 341 g/mol. The van der Waals surface area contributed by atoms with Gasteiger partial charge in [0, 0.05) is 5.56 Å². The SMILES string of the molecule is CC(C(N)=O)c1ccc(-c2ccc([C@@H](O)C(F)(F)F)cc2)c(F)c1. The maximum atomic E-state index is 14.2. The number of benzene rings is 2. The van der Waals surface area contributed by atoms with Gasteiger partial charge in [-0.25, -0.2) is 4.39 Å². The molecule has 128 valence electrons. The summed E-state index contributed by atoms with van der Waals surface area (Å²) in [5.74, 6) is -1.87. The predicted octanol–water partition coefficient (Wildman–Crippen LogP) is 3.68. The molecule has 2 rings (SSSR count). The number of nitrogens with two attached hydrogens (primary N) is 1. The lowest BCUT2D eigenvalue weighted by Crippen LogP contribution is -2.20. The van der Waals surface area contributed by atoms with Gasteiger partial charge < -0.3 is 10.8 Å². The van der Waals surface area contributed by atoms with Gasteiger partial charge in [-0.05, 0) is 29.7 Å². The number of rotatable bonds is 4. The minimum Gasteiger partial charge on any atom is -0.379 e. The first-order chi connectivity index (χ1) is 11.1. The Morgan fingerprint density at radius 1 is 1.08 bits per heavy atom. The molecule has 7 heteroatoms. The summed E-state index contributed by atoms with van der Waals surface area (Å²) < 4.78 is 51.6. The summed E-state index contributed by atoms with van der Waals surface area (Å²) in [6.45, 7) is 1.55. The summed E-state index contributed by atoms with van der Waals surface area (Å²) in [6.07, 6.45) is -7.35. The molecule has 1 amide bonds. The minimum absolute atomic E-state index is 0.170. The van der Waals surface area contributed by atoms with Crippen molar-refractivity contribution in [3.05, 3.63) is 59.4 Å². The van der Waals surface area contributed by atoms with Crippen molar-refractivity contribution >= 4 is 5.91 Å². The molecule has 0 saturated carbocycles. The molecule has 24 heavy (non-hydrogen) atoms. The van der Waals surface area contributed by atoms with Crippen LogP contribution in [-0.4, -0.2) is 17.2 Å². The number of aliphatic hydroxyl groups excluding tert-OH is 1. The van der Waals surface area contributed by atoms with E-state index in [4.69, 9.17) is 5.73 Å². The third kappa shape index (κ3) is 3.73. The van der Waals surface area contributed by atoms with E-state index in [1.54, 1.807) is 6.92 Å². The van der Waals surface area contributed by atoms with Gasteiger partial charge in [0.2, 0.25) is 5.91 Å². The third-order valence-electron chi connectivity index (χ3n) is 3.77. The number of hydrogen-bond donors (Lipinski definition) is 2. The van der Waals surface area contributed by atoms with Crippen molar-refractivity contribution in [2.75, 3.05) is 0 Å². The number of carbonyl (C=O) groups excluding carboxylic acids is 1. The summed E-state index contributed by atoms with van der Waals surface area (Å²) in [6, 6.07) is 8.90. The smallest absolute Gasteiger partial charge is 0.379 e. The minimum atomic E-state index is -4.76. The zero-order chi connectivity index (χ0) is 18.1. The molecule has 0 heterocycles. The Hall–Kier alpha value is -2.41. The second kappa shape index (κ2) is 6.60. The van der Waals surface area contributed by atoms with Crippen LogP contribution in [0.3, 0.4) is 0 Å². The van der Waals surface area contributed by atoms with E-state index in [0.29, 0.717) is 11.1 Å². The van der Waals surface area contributed by atoms with Gasteiger partial charge in [0.25, 0.3) is 0 Å². The Balaban J connectivity index is 2.31. The second-order valence-electron chi connectivity index (χ2n) is 5.43. The highest BCUT2D eigenvalue weighted by Crippen LogP contribution is 2.34. The van der Waals surface area contributed by atoms with E-state index >= 15 is 0 Å². The van der Waals surface area contributed by atoms with E-state index < -0.39 is 29.9 Å². The highest BCUT2D eigenvalue weighted by molar-refractivity contribution is 5.81. The third-order valence-corrected chi connectivity index (χ3v) is 3.77. The van der Waals surface area contributed by atoms with Crippen LogP contribution in [0.2, 0.25) is 0 Å². The van der Waals surface area contributed by atoms with Crippen LogP contribution in [0.25, 0.3) is 11.1 Å². The first-order valence-electron chi connectivity index (χ1n) is 7.05. The largest absolute Gasteiger partial charge is 0.418 e. The lowest BCUT2D eigenvalue weighted by atomic mass is 9.96. The number of hydrogen-bond acceptors (Lipinski definition) is 2. The first kappa shape index (κ1) is 17.9. The second-order valence-corrected chi connectivity index (χ2v) is 5.43. The van der Waals surface area contributed by atoms with E-state index in [1.165, 1.54) is 30.3 Å². The summed E-state index contributed by atoms with van der Waals surface area (Å²) in [7, 11) is 0. The van der Waals surface area contributed by atoms with Gasteiger partial charge >= 0.3 is 6.18 Å². The number of halogens is 4. The molecule has 0 radical (unpaired) electrons. The van der Waals surface area contributed by atoms with Crippen molar-refractivity contribution in [2.45, 2.75) is 25.1 Å². The van der Waals surface area contributed by atoms with Gasteiger partial charge in [0.05, 0.1) is 5.92 Å². The van der Waals surface area contributed by atoms with E-state index in [-0.39, 0.29) is 11.1 Å². The fourth-order valence-electron chi connectivity index (χ4n) is 2.23. The molecule has 2 atom stereocenters. The molecule has 3 N–H and O–H groups in total. The van der Waals surface area contributed by atoms with Gasteiger partial charge in [0.15, 0.2) is 6.10 Å². The van der Waals surface area contributed by atoms with Gasteiger partial charge in [-0.2, -0.15) is 13.2 Å². The zero-order valence-corrected chi connectivity index (χ0v) is 12.6. The maximum absolute atomic E-state index is 14.2. The molecule has 0 aliphatic rings. The fraction of sp³-hybridized carbons (Fsp3) is 0.235. The van der Waals surface area contributed by atoms with Gasteiger partial charge in [-0.3, -0.25) is 4.79 Å². The predicted molar refractivity (Wildman–Crippen MR) is 80.5 cm³/mol. The highest BCUT2D eigenvalue weighted by Gasteiger charge is 2.39. The molecule has 1 unspecified atom stereocenters. The van der Waals surface area contributed by atoms with Gasteiger partial charge in [-0.1, -0.05) is 36.4 Å². The fourth-order valence-corrected chi connectivity index (χ4v) is 2.23. The number of aliphatic hydroxyl groups is 1. The van der Waals surface area contributed by atoms with E-state index in [9.17, 15) is 27.5 Å². The number of alkyl halides is 3. The van der Waals surface area contributed by atoms with Crippen molar-refractivity contribution in [1.29, 1.82) is 0 Å². The first-order valence-corrected chi connectivity index (χ1v) is 7.05. The molecule has 3 nitrogen and oxygen atoms in total. The zero-order valence-electron chi connectivity index (χ0n) is 12.6. The molecule has 0 aliphatic heterocycles. The van der Waals surface area contributed by atoms with E-state index in [0.717, 1.165) is 12.1 Å². The van der Waals surface area contributed by atoms with Gasteiger partial charge in [0.1, 0.15) is 5.82 Å². The molecular weight excluding hydrogens is 326 g/mol. The number of primary amides is 1. The molecule has 0 bridgehead atoms. The summed E-state index contributed by atoms with van der Waals surface area (Å²) >= 11 is 0. The summed E-state index contributed by atoms with van der Waals surface area (Å²) in [5, 5.41) is 9.18. The standard InChI is InChI=1S/C17H15F4NO2/c1-9(16(22)24)12-6-7-13(14(18)8-12)10-2-4-11(5-3-10)15(23)17(19,20)21/h2-9,15,23H,1H3,(H2,22,24)/t9?,15-/m1/s1. The Morgan fingerprint density at radius 2 is 1.62 bits per heavy atom. The maximum Gasteiger partial charge on any atom is 0.418 e. The molecule has 0 aromatic heterocycles. The van der Waals surface area contributed by atoms with Crippen molar-refractivity contribution in [3.63, 3.8) is 0 Å². The van der Waals surface area contributed by atoms with Crippen LogP contribution in [0.15, 0.2) is 42.5 Å². The van der Waals surface area contributed by atoms with Crippen molar-refractivity contribution in [2.24, 2.45) is 5.73 Å². The van der Waals surface area contributed by atoms with E-state index in [2.05, 4.69) is 0 Å². The van der Waals surface area contributed by atoms with Gasteiger partial charge in [-0.15, -0.1) is 0 Å².